The van der Waals surface area contributed by atoms with E-state index in [0.717, 1.165) is 30.6 Å². The fourth-order valence-electron chi connectivity index (χ4n) is 2.75. The summed E-state index contributed by atoms with van der Waals surface area (Å²) in [6, 6.07) is 11.3. The zero-order valence-electron chi connectivity index (χ0n) is 13.0. The Hall–Kier alpha value is -2.15. The molecular formula is C19H18ClNO2. The lowest BCUT2D eigenvalue weighted by molar-refractivity contribution is 0.284. The molecule has 1 heterocycles. The molecule has 0 atom stereocenters. The standard InChI is InChI=1S/C19H18ClNO2/c1-23-19-12-15-7-9-21(13-16(15)11-18(19)22)8-3-5-14-4-2-6-17(20)10-14/h2,4,6,10-12,22H,7-9,13H2,1H3. The van der Waals surface area contributed by atoms with E-state index in [9.17, 15) is 5.11 Å². The van der Waals surface area contributed by atoms with Crippen LogP contribution in [0.2, 0.25) is 5.02 Å². The topological polar surface area (TPSA) is 32.7 Å². The summed E-state index contributed by atoms with van der Waals surface area (Å²) in [5.74, 6) is 7.07. The van der Waals surface area contributed by atoms with E-state index in [0.29, 0.717) is 17.3 Å². The van der Waals surface area contributed by atoms with Crippen molar-refractivity contribution in [2.75, 3.05) is 20.2 Å². The van der Waals surface area contributed by atoms with Crippen molar-refractivity contribution in [1.29, 1.82) is 0 Å². The summed E-state index contributed by atoms with van der Waals surface area (Å²) < 4.78 is 5.16. The van der Waals surface area contributed by atoms with E-state index < -0.39 is 0 Å². The van der Waals surface area contributed by atoms with E-state index in [1.165, 1.54) is 5.56 Å². The third-order valence-corrected chi connectivity index (χ3v) is 4.19. The summed E-state index contributed by atoms with van der Waals surface area (Å²) in [5.41, 5.74) is 3.30. The van der Waals surface area contributed by atoms with Crippen molar-refractivity contribution in [3.8, 4) is 23.3 Å². The van der Waals surface area contributed by atoms with Crippen molar-refractivity contribution in [1.82, 2.24) is 4.90 Å². The van der Waals surface area contributed by atoms with Crippen LogP contribution >= 0.6 is 11.6 Å². The molecule has 1 aliphatic rings. The first-order valence-corrected chi connectivity index (χ1v) is 7.89. The van der Waals surface area contributed by atoms with Crippen LogP contribution in [0.3, 0.4) is 0 Å². The second-order valence-corrected chi connectivity index (χ2v) is 6.00. The average molecular weight is 328 g/mol. The predicted octanol–water partition coefficient (Wildman–Crippen LogP) is 3.46. The fraction of sp³-hybridized carbons (Fsp3) is 0.263. The van der Waals surface area contributed by atoms with E-state index >= 15 is 0 Å². The van der Waals surface area contributed by atoms with Gasteiger partial charge in [-0.1, -0.05) is 29.5 Å². The van der Waals surface area contributed by atoms with Crippen LogP contribution in [-0.2, 0) is 13.0 Å². The number of benzene rings is 2. The zero-order valence-corrected chi connectivity index (χ0v) is 13.7. The van der Waals surface area contributed by atoms with Crippen LogP contribution in [0.1, 0.15) is 16.7 Å². The third-order valence-electron chi connectivity index (χ3n) is 3.95. The summed E-state index contributed by atoms with van der Waals surface area (Å²) in [6.07, 6.45) is 0.935. The van der Waals surface area contributed by atoms with Crippen LogP contribution in [0.4, 0.5) is 0 Å². The normalized spacial score (nSPS) is 13.8. The Labute approximate surface area is 141 Å². The van der Waals surface area contributed by atoms with Gasteiger partial charge < -0.3 is 9.84 Å². The molecule has 0 aromatic heterocycles. The monoisotopic (exact) mass is 327 g/mol. The minimum atomic E-state index is 0.193. The van der Waals surface area contributed by atoms with E-state index in [2.05, 4.69) is 16.7 Å². The first-order chi connectivity index (χ1) is 11.2. The number of nitrogens with zero attached hydrogens (tertiary/aromatic N) is 1. The van der Waals surface area contributed by atoms with Gasteiger partial charge in [0.05, 0.1) is 13.7 Å². The van der Waals surface area contributed by atoms with Gasteiger partial charge in [-0.25, -0.2) is 0 Å². The molecule has 0 unspecified atom stereocenters. The van der Waals surface area contributed by atoms with Crippen molar-refractivity contribution >= 4 is 11.6 Å². The average Bonchev–Trinajstić information content (AvgIpc) is 2.54. The Morgan fingerprint density at radius 1 is 1.26 bits per heavy atom. The van der Waals surface area contributed by atoms with Crippen molar-refractivity contribution in [3.63, 3.8) is 0 Å². The molecule has 0 saturated carbocycles. The second kappa shape index (κ2) is 6.95. The molecular weight excluding hydrogens is 310 g/mol. The minimum Gasteiger partial charge on any atom is -0.504 e. The first-order valence-electron chi connectivity index (χ1n) is 7.51. The number of rotatable bonds is 2. The SMILES string of the molecule is COc1cc2c(cc1O)CN(CC#Cc1cccc(Cl)c1)CC2. The first kappa shape index (κ1) is 15.7. The minimum absolute atomic E-state index is 0.193. The molecule has 23 heavy (non-hydrogen) atoms. The van der Waals surface area contributed by atoms with Gasteiger partial charge in [0.25, 0.3) is 0 Å². The molecule has 1 aliphatic heterocycles. The van der Waals surface area contributed by atoms with Gasteiger partial charge in [-0.15, -0.1) is 0 Å². The number of hydrogen-bond donors (Lipinski definition) is 1. The van der Waals surface area contributed by atoms with Gasteiger partial charge in [0, 0.05) is 23.7 Å². The second-order valence-electron chi connectivity index (χ2n) is 5.57. The Morgan fingerprint density at radius 3 is 2.91 bits per heavy atom. The Kier molecular flexibility index (Phi) is 4.76. The van der Waals surface area contributed by atoms with Gasteiger partial charge in [0.15, 0.2) is 11.5 Å². The highest BCUT2D eigenvalue weighted by Gasteiger charge is 2.18. The van der Waals surface area contributed by atoms with Crippen LogP contribution in [0.5, 0.6) is 11.5 Å². The predicted molar refractivity (Wildman–Crippen MR) is 92.0 cm³/mol. The van der Waals surface area contributed by atoms with Crippen LogP contribution < -0.4 is 4.74 Å². The Bertz CT molecular complexity index is 777. The number of phenolic OH excluding ortho intramolecular Hbond substituents is 1. The molecule has 0 bridgehead atoms. The number of methoxy groups -OCH3 is 1. The quantitative estimate of drug-likeness (QED) is 0.857. The van der Waals surface area contributed by atoms with Crippen LogP contribution in [0.15, 0.2) is 36.4 Å². The maximum Gasteiger partial charge on any atom is 0.160 e. The zero-order chi connectivity index (χ0) is 16.2. The molecule has 118 valence electrons. The summed E-state index contributed by atoms with van der Waals surface area (Å²) in [4.78, 5) is 2.27. The highest BCUT2D eigenvalue weighted by atomic mass is 35.5. The number of ether oxygens (including phenoxy) is 1. The van der Waals surface area contributed by atoms with Crippen molar-refractivity contribution in [2.24, 2.45) is 0 Å². The van der Waals surface area contributed by atoms with Crippen molar-refractivity contribution in [2.45, 2.75) is 13.0 Å². The Morgan fingerprint density at radius 2 is 2.13 bits per heavy atom. The molecule has 1 N–H and O–H groups in total. The van der Waals surface area contributed by atoms with Crippen LogP contribution in [0, 0.1) is 11.8 Å². The maximum absolute atomic E-state index is 9.92. The van der Waals surface area contributed by atoms with Gasteiger partial charge in [0.2, 0.25) is 0 Å². The van der Waals surface area contributed by atoms with Gasteiger partial charge in [-0.3, -0.25) is 4.90 Å². The molecule has 0 fully saturated rings. The van der Waals surface area contributed by atoms with E-state index in [-0.39, 0.29) is 5.75 Å². The Balaban J connectivity index is 1.67. The summed E-state index contributed by atoms with van der Waals surface area (Å²) in [6.45, 7) is 2.43. The molecule has 0 radical (unpaired) electrons. The lowest BCUT2D eigenvalue weighted by atomic mass is 9.99. The third kappa shape index (κ3) is 3.79. The molecule has 0 aliphatic carbocycles. The smallest absolute Gasteiger partial charge is 0.160 e. The molecule has 3 rings (SSSR count). The van der Waals surface area contributed by atoms with E-state index in [1.807, 2.05) is 30.3 Å². The summed E-state index contributed by atoms with van der Waals surface area (Å²) >= 11 is 5.96. The van der Waals surface area contributed by atoms with Gasteiger partial charge in [-0.2, -0.15) is 0 Å². The van der Waals surface area contributed by atoms with E-state index in [4.69, 9.17) is 16.3 Å². The van der Waals surface area contributed by atoms with Crippen molar-refractivity contribution < 1.29 is 9.84 Å². The maximum atomic E-state index is 9.92. The summed E-state index contributed by atoms with van der Waals surface area (Å²) in [7, 11) is 1.57. The number of fused-ring (bicyclic) bond motifs is 1. The number of halogens is 1. The number of hydrogen-bond acceptors (Lipinski definition) is 3. The lowest BCUT2D eigenvalue weighted by Gasteiger charge is -2.27. The number of phenols is 1. The molecule has 0 amide bonds. The number of aromatic hydroxyl groups is 1. The van der Waals surface area contributed by atoms with Crippen LogP contribution in [-0.4, -0.2) is 30.2 Å². The fourth-order valence-corrected chi connectivity index (χ4v) is 2.94. The highest BCUT2D eigenvalue weighted by molar-refractivity contribution is 6.30. The molecule has 0 spiro atoms. The molecule has 4 heteroatoms. The summed E-state index contributed by atoms with van der Waals surface area (Å²) in [5, 5.41) is 10.6. The van der Waals surface area contributed by atoms with E-state index in [1.54, 1.807) is 13.2 Å². The van der Waals surface area contributed by atoms with Gasteiger partial charge in [-0.05, 0) is 47.9 Å². The highest BCUT2D eigenvalue weighted by Crippen LogP contribution is 2.32. The van der Waals surface area contributed by atoms with Gasteiger partial charge in [0.1, 0.15) is 0 Å². The molecule has 2 aromatic rings. The van der Waals surface area contributed by atoms with Crippen molar-refractivity contribution in [3.05, 3.63) is 58.1 Å². The largest absolute Gasteiger partial charge is 0.504 e. The van der Waals surface area contributed by atoms with Gasteiger partial charge >= 0.3 is 0 Å². The molecule has 3 nitrogen and oxygen atoms in total. The molecule has 2 aromatic carbocycles. The molecule has 0 saturated heterocycles. The lowest BCUT2D eigenvalue weighted by Crippen LogP contribution is -2.30. The van der Waals surface area contributed by atoms with Crippen LogP contribution in [0.25, 0.3) is 0 Å².